The van der Waals surface area contributed by atoms with Gasteiger partial charge in [-0.2, -0.15) is 5.10 Å². The predicted molar refractivity (Wildman–Crippen MR) is 137 cm³/mol. The van der Waals surface area contributed by atoms with Crippen molar-refractivity contribution >= 4 is 26.6 Å². The van der Waals surface area contributed by atoms with Crippen LogP contribution in [0.25, 0.3) is 33.5 Å². The summed E-state index contributed by atoms with van der Waals surface area (Å²) >= 11 is 0. The number of sulfonamides is 1. The largest absolute Gasteiger partial charge is 0.492 e. The van der Waals surface area contributed by atoms with Gasteiger partial charge in [-0.3, -0.25) is 19.6 Å². The highest BCUT2D eigenvalue weighted by Gasteiger charge is 2.21. The van der Waals surface area contributed by atoms with E-state index in [4.69, 9.17) is 4.42 Å². The van der Waals surface area contributed by atoms with Gasteiger partial charge in [-0.15, -0.1) is 0 Å². The molecule has 0 aliphatic carbocycles. The second-order valence-corrected chi connectivity index (χ2v) is 11.1. The van der Waals surface area contributed by atoms with Crippen molar-refractivity contribution in [2.24, 2.45) is 0 Å². The summed E-state index contributed by atoms with van der Waals surface area (Å²) in [5.41, 5.74) is 2.84. The number of aromatic amines is 1. The Hall–Kier alpha value is -3.48. The van der Waals surface area contributed by atoms with Crippen LogP contribution in [-0.4, -0.2) is 82.0 Å². The van der Waals surface area contributed by atoms with Crippen molar-refractivity contribution in [3.8, 4) is 28.5 Å². The molecule has 3 N–H and O–H groups in total. The van der Waals surface area contributed by atoms with Crippen LogP contribution in [0, 0.1) is 0 Å². The Kier molecular flexibility index (Phi) is 6.41. The number of pyridine rings is 1. The van der Waals surface area contributed by atoms with Crippen LogP contribution < -0.4 is 4.72 Å². The summed E-state index contributed by atoms with van der Waals surface area (Å²) in [6.07, 6.45) is 5.97. The molecule has 3 aromatic heterocycles. The van der Waals surface area contributed by atoms with Crippen LogP contribution in [0.3, 0.4) is 0 Å². The third-order valence-electron chi connectivity index (χ3n) is 6.35. The maximum absolute atomic E-state index is 11.7. The lowest BCUT2D eigenvalue weighted by Crippen LogP contribution is -2.48. The van der Waals surface area contributed by atoms with Gasteiger partial charge in [0.15, 0.2) is 0 Å². The average molecular weight is 512 g/mol. The van der Waals surface area contributed by atoms with E-state index in [0.29, 0.717) is 24.0 Å². The number of nitrogens with zero attached hydrogens (tertiary/aromatic N) is 5. The van der Waals surface area contributed by atoms with E-state index in [1.54, 1.807) is 12.4 Å². The molecule has 1 aliphatic heterocycles. The van der Waals surface area contributed by atoms with Gasteiger partial charge in [0.2, 0.25) is 21.8 Å². The number of nitrogens with one attached hydrogen (secondary N) is 2. The molecular formula is C24H29N7O4S. The van der Waals surface area contributed by atoms with Gasteiger partial charge in [0.25, 0.3) is 0 Å². The highest BCUT2D eigenvalue weighted by atomic mass is 32.2. The Morgan fingerprint density at radius 2 is 1.86 bits per heavy atom. The lowest BCUT2D eigenvalue weighted by atomic mass is 10.0. The Labute approximate surface area is 209 Å². The molecule has 1 fully saturated rings. The highest BCUT2D eigenvalue weighted by Crippen LogP contribution is 2.35. The zero-order chi connectivity index (χ0) is 25.4. The molecule has 0 amide bonds. The molecule has 5 rings (SSSR count). The lowest BCUT2D eigenvalue weighted by molar-refractivity contribution is 0.0992. The van der Waals surface area contributed by atoms with Crippen LogP contribution in [0.5, 0.6) is 5.88 Å². The van der Waals surface area contributed by atoms with E-state index in [1.165, 1.54) is 12.3 Å². The number of aromatic nitrogens is 4. The van der Waals surface area contributed by atoms with Crippen LogP contribution in [0.15, 0.2) is 41.2 Å². The van der Waals surface area contributed by atoms with Crippen molar-refractivity contribution in [2.45, 2.75) is 26.4 Å². The predicted octanol–water partition coefficient (Wildman–Crippen LogP) is 2.88. The molecule has 190 valence electrons. The maximum Gasteiger partial charge on any atom is 0.235 e. The first-order chi connectivity index (χ1) is 17.2. The first-order valence-electron chi connectivity index (χ1n) is 11.7. The summed E-state index contributed by atoms with van der Waals surface area (Å²) in [5.74, 6) is 0.856. The summed E-state index contributed by atoms with van der Waals surface area (Å²) < 4.78 is 31.8. The SMILES string of the molecule is CC(C)N1CCN(Cc2cnc(-c3cc(-c4cnc(O)c(NS(C)(=O)=O)c4)cc4[nH]ncc34)o2)CC1. The second kappa shape index (κ2) is 9.52. The normalized spacial score (nSPS) is 15.7. The molecule has 0 radical (unpaired) electrons. The van der Waals surface area contributed by atoms with Gasteiger partial charge < -0.3 is 9.52 Å². The molecule has 4 aromatic rings. The van der Waals surface area contributed by atoms with Gasteiger partial charge in [-0.1, -0.05) is 0 Å². The van der Waals surface area contributed by atoms with Gasteiger partial charge in [0.1, 0.15) is 11.4 Å². The minimum atomic E-state index is -3.59. The van der Waals surface area contributed by atoms with Gasteiger partial charge in [0.05, 0.1) is 30.7 Å². The molecule has 36 heavy (non-hydrogen) atoms. The fourth-order valence-electron chi connectivity index (χ4n) is 4.45. The summed E-state index contributed by atoms with van der Waals surface area (Å²) in [6.45, 7) is 9.16. The first-order valence-corrected chi connectivity index (χ1v) is 13.6. The van der Waals surface area contributed by atoms with E-state index in [2.05, 4.69) is 48.5 Å². The maximum atomic E-state index is 11.7. The molecule has 11 nitrogen and oxygen atoms in total. The fraction of sp³-hybridized carbons (Fsp3) is 0.375. The smallest absolute Gasteiger partial charge is 0.235 e. The molecule has 0 bridgehead atoms. The number of benzene rings is 1. The van der Waals surface area contributed by atoms with Crippen molar-refractivity contribution in [1.82, 2.24) is 30.0 Å². The highest BCUT2D eigenvalue weighted by molar-refractivity contribution is 7.92. The molecular weight excluding hydrogens is 482 g/mol. The van der Waals surface area contributed by atoms with Crippen molar-refractivity contribution < 1.29 is 17.9 Å². The topological polar surface area (TPSA) is 140 Å². The van der Waals surface area contributed by atoms with E-state index in [0.717, 1.165) is 60.2 Å². The second-order valence-electron chi connectivity index (χ2n) is 9.36. The van der Waals surface area contributed by atoms with Gasteiger partial charge >= 0.3 is 0 Å². The van der Waals surface area contributed by atoms with Crippen LogP contribution in [0.1, 0.15) is 19.6 Å². The molecule has 0 saturated carbocycles. The number of fused-ring (bicyclic) bond motifs is 1. The molecule has 0 unspecified atom stereocenters. The summed E-state index contributed by atoms with van der Waals surface area (Å²) in [6, 6.07) is 5.85. The van der Waals surface area contributed by atoms with Crippen LogP contribution in [0.4, 0.5) is 5.69 Å². The van der Waals surface area contributed by atoms with Crippen molar-refractivity contribution in [3.05, 3.63) is 42.5 Å². The number of oxazole rings is 1. The van der Waals surface area contributed by atoms with Crippen LogP contribution in [0.2, 0.25) is 0 Å². The Morgan fingerprint density at radius 1 is 1.08 bits per heavy atom. The molecule has 0 spiro atoms. The zero-order valence-electron chi connectivity index (χ0n) is 20.4. The number of piperazine rings is 1. The van der Waals surface area contributed by atoms with E-state index < -0.39 is 15.9 Å². The average Bonchev–Trinajstić information content (AvgIpc) is 3.49. The summed E-state index contributed by atoms with van der Waals surface area (Å²) in [4.78, 5) is 13.3. The third kappa shape index (κ3) is 5.20. The number of hydrogen-bond donors (Lipinski definition) is 3. The van der Waals surface area contributed by atoms with Crippen LogP contribution >= 0.6 is 0 Å². The standard InChI is InChI=1S/C24H29N7O4S/c1-15(2)31-6-4-30(5-7-31)14-18-12-26-24(35-18)19-8-16(9-21-20(19)13-27-28-21)17-10-22(23(32)25-11-17)29-36(3,33)34/h8-13,15,29H,4-7,14H2,1-3H3,(H,25,32)(H,27,28). The number of H-pyrrole nitrogens is 1. The minimum absolute atomic E-state index is 0.00256. The molecule has 1 aliphatic rings. The zero-order valence-corrected chi connectivity index (χ0v) is 21.2. The van der Waals surface area contributed by atoms with E-state index >= 15 is 0 Å². The number of aromatic hydroxyl groups is 1. The minimum Gasteiger partial charge on any atom is -0.492 e. The Bertz CT molecular complexity index is 1490. The van der Waals surface area contributed by atoms with Crippen molar-refractivity contribution in [1.29, 1.82) is 0 Å². The van der Waals surface area contributed by atoms with Crippen molar-refractivity contribution in [2.75, 3.05) is 37.2 Å². The number of anilines is 1. The molecule has 12 heteroatoms. The first kappa shape index (κ1) is 24.2. The van der Waals surface area contributed by atoms with E-state index in [1.807, 2.05) is 12.1 Å². The molecule has 1 saturated heterocycles. The van der Waals surface area contributed by atoms with Gasteiger partial charge in [-0.25, -0.2) is 18.4 Å². The van der Waals surface area contributed by atoms with E-state index in [9.17, 15) is 13.5 Å². The fourth-order valence-corrected chi connectivity index (χ4v) is 5.00. The van der Waals surface area contributed by atoms with Gasteiger partial charge in [-0.05, 0) is 37.6 Å². The van der Waals surface area contributed by atoms with Crippen molar-refractivity contribution in [3.63, 3.8) is 0 Å². The molecule has 4 heterocycles. The van der Waals surface area contributed by atoms with Gasteiger partial charge in [0, 0.05) is 54.9 Å². The number of rotatable bonds is 7. The summed E-state index contributed by atoms with van der Waals surface area (Å²) in [7, 11) is -3.59. The monoisotopic (exact) mass is 511 g/mol. The number of hydrogen-bond acceptors (Lipinski definition) is 9. The third-order valence-corrected chi connectivity index (χ3v) is 6.95. The summed E-state index contributed by atoms with van der Waals surface area (Å²) in [5, 5.41) is 18.0. The van der Waals surface area contributed by atoms with E-state index in [-0.39, 0.29) is 5.69 Å². The molecule has 0 atom stereocenters. The quantitative estimate of drug-likeness (QED) is 0.341. The molecule has 1 aromatic carbocycles. The lowest BCUT2D eigenvalue weighted by Gasteiger charge is -2.36. The Balaban J connectivity index is 1.44. The van der Waals surface area contributed by atoms with Crippen LogP contribution in [-0.2, 0) is 16.6 Å². The Morgan fingerprint density at radius 3 is 2.58 bits per heavy atom.